The molecule has 0 unspecified atom stereocenters. The van der Waals surface area contributed by atoms with Crippen LogP contribution in [0.25, 0.3) is 0 Å². The van der Waals surface area contributed by atoms with Crippen LogP contribution in [0.3, 0.4) is 0 Å². The van der Waals surface area contributed by atoms with Crippen molar-refractivity contribution in [3.63, 3.8) is 0 Å². The number of anilines is 2. The van der Waals surface area contributed by atoms with Gasteiger partial charge in [-0.2, -0.15) is 0 Å². The number of urea groups is 1. The van der Waals surface area contributed by atoms with Crippen LogP contribution in [0.2, 0.25) is 0 Å². The van der Waals surface area contributed by atoms with Crippen LogP contribution in [-0.2, 0) is 9.84 Å². The lowest BCUT2D eigenvalue weighted by atomic mass is 10.1. The number of aromatic hydroxyl groups is 1. The van der Waals surface area contributed by atoms with E-state index in [9.17, 15) is 23.1 Å². The molecule has 3 amide bonds. The van der Waals surface area contributed by atoms with Crippen LogP contribution in [0.5, 0.6) is 5.75 Å². The highest BCUT2D eigenvalue weighted by Crippen LogP contribution is 2.27. The van der Waals surface area contributed by atoms with Gasteiger partial charge in [0, 0.05) is 17.3 Å². The Kier molecular flexibility index (Phi) is 6.63. The summed E-state index contributed by atoms with van der Waals surface area (Å²) in [5, 5.41) is 17.7. The zero-order chi connectivity index (χ0) is 20.9. The average molecular weight is 405 g/mol. The lowest BCUT2D eigenvalue weighted by Gasteiger charge is -2.12. The maximum atomic E-state index is 12.5. The first-order chi connectivity index (χ1) is 13.1. The highest BCUT2D eigenvalue weighted by Gasteiger charge is 2.16. The van der Waals surface area contributed by atoms with E-state index in [0.717, 1.165) is 0 Å². The molecule has 0 saturated carbocycles. The van der Waals surface area contributed by atoms with Crippen molar-refractivity contribution in [3.8, 4) is 5.75 Å². The molecule has 0 aliphatic heterocycles. The number of nitrogens with one attached hydrogen (secondary N) is 3. The maximum Gasteiger partial charge on any atom is 0.319 e. The molecule has 2 aromatic carbocycles. The Hall–Kier alpha value is -3.07. The third-order valence-corrected chi connectivity index (χ3v) is 5.49. The number of phenolic OH excluding ortho intramolecular Hbond substituents is 1. The molecule has 0 bridgehead atoms. The van der Waals surface area contributed by atoms with E-state index in [1.807, 2.05) is 13.8 Å². The minimum atomic E-state index is -3.48. The molecule has 150 valence electrons. The first-order valence-electron chi connectivity index (χ1n) is 8.67. The Labute approximate surface area is 163 Å². The fourth-order valence-corrected chi connectivity index (χ4v) is 3.24. The second-order valence-electron chi connectivity index (χ2n) is 6.37. The third-order valence-electron chi connectivity index (χ3n) is 3.76. The lowest BCUT2D eigenvalue weighted by molar-refractivity contribution is 0.102. The summed E-state index contributed by atoms with van der Waals surface area (Å²) in [6.07, 6.45) is 0. The van der Waals surface area contributed by atoms with Gasteiger partial charge in [0.1, 0.15) is 5.75 Å². The van der Waals surface area contributed by atoms with E-state index in [0.29, 0.717) is 5.69 Å². The molecule has 0 saturated heterocycles. The third kappa shape index (κ3) is 5.46. The number of carbonyl (C=O) groups is 2. The van der Waals surface area contributed by atoms with Gasteiger partial charge in [-0.15, -0.1) is 0 Å². The first-order valence-corrected chi connectivity index (χ1v) is 10.3. The molecule has 0 heterocycles. The summed E-state index contributed by atoms with van der Waals surface area (Å²) in [4.78, 5) is 24.3. The van der Waals surface area contributed by atoms with Gasteiger partial charge in [-0.1, -0.05) is 13.0 Å². The second kappa shape index (κ2) is 8.75. The van der Waals surface area contributed by atoms with E-state index >= 15 is 0 Å². The Morgan fingerprint density at radius 1 is 1.07 bits per heavy atom. The van der Waals surface area contributed by atoms with E-state index in [4.69, 9.17) is 0 Å². The molecular weight excluding hydrogens is 382 g/mol. The van der Waals surface area contributed by atoms with E-state index in [1.165, 1.54) is 37.3 Å². The van der Waals surface area contributed by atoms with Gasteiger partial charge in [0.05, 0.1) is 16.3 Å². The van der Waals surface area contributed by atoms with Crippen molar-refractivity contribution in [2.75, 3.05) is 16.4 Å². The molecule has 4 N–H and O–H groups in total. The summed E-state index contributed by atoms with van der Waals surface area (Å²) in [5.41, 5.74) is 0.623. The molecular formula is C19H23N3O5S. The maximum absolute atomic E-state index is 12.5. The smallest absolute Gasteiger partial charge is 0.319 e. The van der Waals surface area contributed by atoms with Crippen LogP contribution < -0.4 is 16.0 Å². The van der Waals surface area contributed by atoms with Gasteiger partial charge in [0.2, 0.25) is 0 Å². The summed E-state index contributed by atoms with van der Waals surface area (Å²) >= 11 is 0. The van der Waals surface area contributed by atoms with E-state index in [-0.39, 0.29) is 33.7 Å². The number of hydrogen-bond acceptors (Lipinski definition) is 5. The quantitative estimate of drug-likeness (QED) is 0.550. The molecule has 9 heteroatoms. The molecule has 0 radical (unpaired) electrons. The number of amides is 3. The van der Waals surface area contributed by atoms with Crippen molar-refractivity contribution < 1.29 is 23.1 Å². The Morgan fingerprint density at radius 3 is 2.43 bits per heavy atom. The number of carbonyl (C=O) groups excluding carboxylic acids is 2. The number of phenols is 1. The molecule has 2 rings (SSSR count). The standard InChI is InChI=1S/C19H23N3O5S/c1-4-28(26,27)15-8-9-17(23)16(11-15)22-18(24)13-6-5-7-14(10-13)21-19(25)20-12(2)3/h5-12,23H,4H2,1-3H3,(H,22,24)(H2,20,21,25). The molecule has 0 atom stereocenters. The van der Waals surface area contributed by atoms with Crippen LogP contribution in [0, 0.1) is 0 Å². The van der Waals surface area contributed by atoms with E-state index in [2.05, 4.69) is 16.0 Å². The van der Waals surface area contributed by atoms with Gasteiger partial charge in [-0.05, 0) is 50.2 Å². The molecule has 0 aliphatic carbocycles. The van der Waals surface area contributed by atoms with Gasteiger partial charge in [0.15, 0.2) is 9.84 Å². The van der Waals surface area contributed by atoms with Crippen molar-refractivity contribution in [1.82, 2.24) is 5.32 Å². The van der Waals surface area contributed by atoms with Gasteiger partial charge >= 0.3 is 6.03 Å². The molecule has 0 aromatic heterocycles. The number of sulfone groups is 1. The Balaban J connectivity index is 2.21. The highest BCUT2D eigenvalue weighted by molar-refractivity contribution is 7.91. The first kappa shape index (κ1) is 21.2. The number of benzene rings is 2. The van der Waals surface area contributed by atoms with E-state index in [1.54, 1.807) is 12.1 Å². The summed E-state index contributed by atoms with van der Waals surface area (Å²) in [6, 6.07) is 9.49. The Morgan fingerprint density at radius 2 is 1.79 bits per heavy atom. The molecule has 0 aliphatic rings. The minimum Gasteiger partial charge on any atom is -0.506 e. The molecule has 28 heavy (non-hydrogen) atoms. The zero-order valence-corrected chi connectivity index (χ0v) is 16.6. The van der Waals surface area contributed by atoms with Crippen molar-refractivity contribution in [3.05, 3.63) is 48.0 Å². The van der Waals surface area contributed by atoms with E-state index < -0.39 is 21.8 Å². The van der Waals surface area contributed by atoms with Crippen molar-refractivity contribution >= 4 is 33.2 Å². The molecule has 2 aromatic rings. The number of rotatable bonds is 6. The number of hydrogen-bond donors (Lipinski definition) is 4. The van der Waals surface area contributed by atoms with Gasteiger partial charge < -0.3 is 21.1 Å². The summed E-state index contributed by atoms with van der Waals surface area (Å²) < 4.78 is 24.0. The average Bonchev–Trinajstić information content (AvgIpc) is 2.62. The van der Waals surface area contributed by atoms with Crippen LogP contribution in [0.4, 0.5) is 16.2 Å². The lowest BCUT2D eigenvalue weighted by Crippen LogP contribution is -2.34. The fourth-order valence-electron chi connectivity index (χ4n) is 2.34. The second-order valence-corrected chi connectivity index (χ2v) is 8.65. The van der Waals surface area contributed by atoms with Crippen molar-refractivity contribution in [2.24, 2.45) is 0 Å². The van der Waals surface area contributed by atoms with Gasteiger partial charge in [-0.25, -0.2) is 13.2 Å². The topological polar surface area (TPSA) is 125 Å². The zero-order valence-electron chi connectivity index (χ0n) is 15.8. The minimum absolute atomic E-state index is 0.00359. The monoisotopic (exact) mass is 405 g/mol. The molecule has 0 fully saturated rings. The largest absolute Gasteiger partial charge is 0.506 e. The van der Waals surface area contributed by atoms with Gasteiger partial charge in [-0.3, -0.25) is 4.79 Å². The van der Waals surface area contributed by atoms with Crippen molar-refractivity contribution in [2.45, 2.75) is 31.7 Å². The predicted octanol–water partition coefficient (Wildman–Crippen LogP) is 2.97. The summed E-state index contributed by atoms with van der Waals surface area (Å²) in [7, 11) is -3.48. The van der Waals surface area contributed by atoms with Crippen LogP contribution in [0.15, 0.2) is 47.4 Å². The van der Waals surface area contributed by atoms with Crippen LogP contribution in [-0.4, -0.2) is 37.3 Å². The summed E-state index contributed by atoms with van der Waals surface area (Å²) in [6.45, 7) is 5.15. The van der Waals surface area contributed by atoms with Crippen LogP contribution in [0.1, 0.15) is 31.1 Å². The SMILES string of the molecule is CCS(=O)(=O)c1ccc(O)c(NC(=O)c2cccc(NC(=O)NC(C)C)c2)c1. The highest BCUT2D eigenvalue weighted by atomic mass is 32.2. The summed E-state index contributed by atoms with van der Waals surface area (Å²) in [5.74, 6) is -0.916. The predicted molar refractivity (Wildman–Crippen MR) is 108 cm³/mol. The van der Waals surface area contributed by atoms with Gasteiger partial charge in [0.25, 0.3) is 5.91 Å². The van der Waals surface area contributed by atoms with Crippen LogP contribution >= 0.6 is 0 Å². The fraction of sp³-hybridized carbons (Fsp3) is 0.263. The molecule has 0 spiro atoms. The van der Waals surface area contributed by atoms with Crippen molar-refractivity contribution in [1.29, 1.82) is 0 Å². The Bertz CT molecular complexity index is 987. The molecule has 8 nitrogen and oxygen atoms in total. The normalized spacial score (nSPS) is 11.1.